The zero-order chi connectivity index (χ0) is 14.8. The fourth-order valence-electron chi connectivity index (χ4n) is 1.38. The van der Waals surface area contributed by atoms with Crippen LogP contribution >= 0.6 is 11.6 Å². The van der Waals surface area contributed by atoms with Crippen LogP contribution in [0.15, 0.2) is 23.1 Å². The van der Waals surface area contributed by atoms with Crippen molar-refractivity contribution < 1.29 is 21.6 Å². The van der Waals surface area contributed by atoms with Gasteiger partial charge in [0.05, 0.1) is 5.02 Å². The molecule has 1 aromatic rings. The summed E-state index contributed by atoms with van der Waals surface area (Å²) >= 11 is 5.73. The Morgan fingerprint density at radius 2 is 1.95 bits per heavy atom. The summed E-state index contributed by atoms with van der Waals surface area (Å²) in [6.07, 6.45) is -4.63. The topological polar surface area (TPSA) is 63.4 Å². The molecular weight excluding hydrogens is 305 g/mol. The van der Waals surface area contributed by atoms with Crippen molar-refractivity contribution >= 4 is 21.6 Å². The van der Waals surface area contributed by atoms with E-state index in [2.05, 4.69) is 0 Å². The van der Waals surface area contributed by atoms with Gasteiger partial charge in [0.1, 0.15) is 11.4 Å². The predicted octanol–water partition coefficient (Wildman–Crippen LogP) is 1.98. The van der Waals surface area contributed by atoms with Gasteiger partial charge in [-0.25, -0.2) is 8.42 Å². The van der Waals surface area contributed by atoms with Gasteiger partial charge in [-0.05, 0) is 17.7 Å². The maximum absolute atomic E-state index is 12.2. The molecule has 9 heteroatoms. The summed E-state index contributed by atoms with van der Waals surface area (Å²) in [4.78, 5) is -0.385. The Hall–Kier alpha value is -0.830. The fourth-order valence-corrected chi connectivity index (χ4v) is 3.05. The van der Waals surface area contributed by atoms with E-state index < -0.39 is 22.7 Å². The molecule has 0 heterocycles. The molecule has 0 spiro atoms. The fraction of sp³-hybridized carbons (Fsp3) is 0.400. The first kappa shape index (κ1) is 16.2. The Labute approximate surface area is 114 Å². The summed E-state index contributed by atoms with van der Waals surface area (Å²) in [5.41, 5.74) is 5.82. The SMILES string of the molecule is CN(CC(F)(F)F)S(=O)(=O)c1cc(CN)ccc1Cl. The molecule has 0 aliphatic carbocycles. The van der Waals surface area contributed by atoms with Crippen molar-refractivity contribution in [2.24, 2.45) is 5.73 Å². The van der Waals surface area contributed by atoms with Gasteiger partial charge >= 0.3 is 6.18 Å². The average molecular weight is 317 g/mol. The summed E-state index contributed by atoms with van der Waals surface area (Å²) in [7, 11) is -3.47. The smallest absolute Gasteiger partial charge is 0.326 e. The van der Waals surface area contributed by atoms with E-state index in [1.165, 1.54) is 18.2 Å². The highest BCUT2D eigenvalue weighted by Crippen LogP contribution is 2.27. The number of benzene rings is 1. The normalized spacial score (nSPS) is 13.0. The van der Waals surface area contributed by atoms with Crippen molar-refractivity contribution in [3.8, 4) is 0 Å². The third kappa shape index (κ3) is 4.07. The monoisotopic (exact) mass is 316 g/mol. The number of nitrogens with two attached hydrogens (primary N) is 1. The second-order valence-electron chi connectivity index (χ2n) is 3.85. The first-order valence-electron chi connectivity index (χ1n) is 5.09. The molecule has 1 aromatic carbocycles. The van der Waals surface area contributed by atoms with Gasteiger partial charge in [0.15, 0.2) is 0 Å². The van der Waals surface area contributed by atoms with E-state index >= 15 is 0 Å². The molecule has 19 heavy (non-hydrogen) atoms. The molecule has 0 aromatic heterocycles. The summed E-state index contributed by atoms with van der Waals surface area (Å²) in [6.45, 7) is -1.53. The lowest BCUT2D eigenvalue weighted by atomic mass is 10.2. The van der Waals surface area contributed by atoms with Gasteiger partial charge in [-0.1, -0.05) is 17.7 Å². The quantitative estimate of drug-likeness (QED) is 0.924. The van der Waals surface area contributed by atoms with Crippen LogP contribution in [0.5, 0.6) is 0 Å². The molecule has 4 nitrogen and oxygen atoms in total. The molecule has 0 saturated carbocycles. The van der Waals surface area contributed by atoms with Crippen molar-refractivity contribution in [2.75, 3.05) is 13.6 Å². The number of sulfonamides is 1. The molecule has 1 rings (SSSR count). The lowest BCUT2D eigenvalue weighted by Crippen LogP contribution is -2.36. The number of alkyl halides is 3. The minimum absolute atomic E-state index is 0.0582. The van der Waals surface area contributed by atoms with Crippen LogP contribution in [0.3, 0.4) is 0 Å². The maximum atomic E-state index is 12.2. The molecule has 0 bridgehead atoms. The first-order chi connectivity index (χ1) is 8.58. The number of nitrogens with zero attached hydrogens (tertiary/aromatic N) is 1. The molecule has 0 unspecified atom stereocenters. The van der Waals surface area contributed by atoms with E-state index in [1.54, 1.807) is 0 Å². The predicted molar refractivity (Wildman–Crippen MR) is 65.2 cm³/mol. The van der Waals surface area contributed by atoms with E-state index in [0.29, 0.717) is 5.56 Å². The van der Waals surface area contributed by atoms with Gasteiger partial charge in [-0.3, -0.25) is 0 Å². The summed E-state index contributed by atoms with van der Waals surface area (Å²) < 4.78 is 60.9. The van der Waals surface area contributed by atoms with Crippen molar-refractivity contribution in [1.82, 2.24) is 4.31 Å². The minimum Gasteiger partial charge on any atom is -0.326 e. The Kier molecular flexibility index (Phi) is 4.83. The van der Waals surface area contributed by atoms with Crippen LogP contribution in [0, 0.1) is 0 Å². The summed E-state index contributed by atoms with van der Waals surface area (Å²) in [6, 6.07) is 3.97. The van der Waals surface area contributed by atoms with Gasteiger partial charge in [-0.2, -0.15) is 17.5 Å². The van der Waals surface area contributed by atoms with Crippen LogP contribution in [0.2, 0.25) is 5.02 Å². The molecule has 0 amide bonds. The molecule has 0 saturated heterocycles. The van der Waals surface area contributed by atoms with Gasteiger partial charge in [0, 0.05) is 13.6 Å². The molecule has 2 N–H and O–H groups in total. The molecule has 0 radical (unpaired) electrons. The highest BCUT2D eigenvalue weighted by molar-refractivity contribution is 7.89. The van der Waals surface area contributed by atoms with Crippen molar-refractivity contribution in [3.05, 3.63) is 28.8 Å². The largest absolute Gasteiger partial charge is 0.402 e. The lowest BCUT2D eigenvalue weighted by molar-refractivity contribution is -0.134. The van der Waals surface area contributed by atoms with E-state index in [0.717, 1.165) is 7.05 Å². The maximum Gasteiger partial charge on any atom is 0.402 e. The number of halogens is 4. The van der Waals surface area contributed by atoms with E-state index in [9.17, 15) is 21.6 Å². The molecule has 0 aliphatic heterocycles. The first-order valence-corrected chi connectivity index (χ1v) is 6.91. The molecular formula is C10H12ClF3N2O2S. The van der Waals surface area contributed by atoms with Gasteiger partial charge in [-0.15, -0.1) is 0 Å². The highest BCUT2D eigenvalue weighted by Gasteiger charge is 2.35. The average Bonchev–Trinajstić information content (AvgIpc) is 2.27. The summed E-state index contributed by atoms with van der Waals surface area (Å²) in [5, 5.41) is -0.147. The standard InChI is InChI=1S/C10H12ClF3N2O2S/c1-16(6-10(12,13)14)19(17,18)9-4-7(5-15)2-3-8(9)11/h2-4H,5-6,15H2,1H3. The zero-order valence-corrected chi connectivity index (χ0v) is 11.5. The molecule has 0 fully saturated rings. The van der Waals surface area contributed by atoms with Crippen molar-refractivity contribution in [3.63, 3.8) is 0 Å². The number of hydrogen-bond acceptors (Lipinski definition) is 3. The van der Waals surface area contributed by atoms with Gasteiger partial charge in [0.25, 0.3) is 0 Å². The zero-order valence-electron chi connectivity index (χ0n) is 9.91. The van der Waals surface area contributed by atoms with Crippen LogP contribution in [-0.4, -0.2) is 32.5 Å². The van der Waals surface area contributed by atoms with Crippen molar-refractivity contribution in [1.29, 1.82) is 0 Å². The van der Waals surface area contributed by atoms with Crippen LogP contribution in [0.4, 0.5) is 13.2 Å². The van der Waals surface area contributed by atoms with Crippen LogP contribution in [0.1, 0.15) is 5.56 Å². The molecule has 0 aliphatic rings. The van der Waals surface area contributed by atoms with Gasteiger partial charge in [0.2, 0.25) is 10.0 Å². The summed E-state index contributed by atoms with van der Waals surface area (Å²) in [5.74, 6) is 0. The highest BCUT2D eigenvalue weighted by atomic mass is 35.5. The second kappa shape index (κ2) is 5.66. The third-order valence-corrected chi connectivity index (χ3v) is 4.61. The minimum atomic E-state index is -4.63. The Balaban J connectivity index is 3.20. The third-order valence-electron chi connectivity index (χ3n) is 2.32. The van der Waals surface area contributed by atoms with E-state index in [-0.39, 0.29) is 20.8 Å². The van der Waals surface area contributed by atoms with Crippen LogP contribution in [-0.2, 0) is 16.6 Å². The Bertz CT molecular complexity index is 560. The Morgan fingerprint density at radius 3 is 2.42 bits per heavy atom. The number of hydrogen-bond donors (Lipinski definition) is 1. The van der Waals surface area contributed by atoms with E-state index in [4.69, 9.17) is 17.3 Å². The lowest BCUT2D eigenvalue weighted by Gasteiger charge is -2.19. The second-order valence-corrected chi connectivity index (χ2v) is 6.27. The Morgan fingerprint density at radius 1 is 1.37 bits per heavy atom. The van der Waals surface area contributed by atoms with Crippen LogP contribution in [0.25, 0.3) is 0 Å². The van der Waals surface area contributed by atoms with E-state index in [1.807, 2.05) is 0 Å². The van der Waals surface area contributed by atoms with Crippen LogP contribution < -0.4 is 5.73 Å². The molecule has 0 atom stereocenters. The van der Waals surface area contributed by atoms with Gasteiger partial charge < -0.3 is 5.73 Å². The number of rotatable bonds is 4. The van der Waals surface area contributed by atoms with Crippen molar-refractivity contribution in [2.45, 2.75) is 17.6 Å². The molecule has 108 valence electrons.